The average Bonchev–Trinajstić information content (AvgIpc) is 3.20. The minimum Gasteiger partial charge on any atom is -0.486 e. The Morgan fingerprint density at radius 1 is 0.828 bits per heavy atom. The Hall–Kier alpha value is -3.75. The zero-order valence-electron chi connectivity index (χ0n) is 15.3. The van der Waals surface area contributed by atoms with Gasteiger partial charge in [0.1, 0.15) is 26.4 Å². The summed E-state index contributed by atoms with van der Waals surface area (Å²) in [5.74, 6) is 2.56. The first-order chi connectivity index (χ1) is 14.2. The van der Waals surface area contributed by atoms with E-state index in [1.807, 2.05) is 18.2 Å². The van der Waals surface area contributed by atoms with Crippen LogP contribution in [0.5, 0.6) is 23.0 Å². The van der Waals surface area contributed by atoms with E-state index in [1.165, 1.54) is 0 Å². The summed E-state index contributed by atoms with van der Waals surface area (Å²) in [5, 5.41) is 10.5. The fourth-order valence-corrected chi connectivity index (χ4v) is 3.10. The monoisotopic (exact) mass is 395 g/mol. The molecule has 3 heterocycles. The normalized spacial score (nSPS) is 14.3. The molecule has 2 aliphatic heterocycles. The van der Waals surface area contributed by atoms with E-state index in [9.17, 15) is 4.79 Å². The standard InChI is InChI=1S/C20H17N3O6/c24-19(13-2-4-15-17(11-13)28-8-6-26-15)21-20-23-22-18(29-20)10-12-1-3-14-16(9-12)27-7-5-25-14/h1-4,9,11H,5-8,10H2,(H,21,23,24). The molecule has 9 heteroatoms. The molecule has 0 saturated carbocycles. The van der Waals surface area contributed by atoms with Crippen LogP contribution in [0, 0.1) is 0 Å². The van der Waals surface area contributed by atoms with Gasteiger partial charge in [-0.2, -0.15) is 0 Å². The predicted octanol–water partition coefficient (Wildman–Crippen LogP) is 2.46. The number of fused-ring (bicyclic) bond motifs is 2. The zero-order valence-corrected chi connectivity index (χ0v) is 15.3. The van der Waals surface area contributed by atoms with Crippen molar-refractivity contribution < 1.29 is 28.2 Å². The Bertz CT molecular complexity index is 1060. The van der Waals surface area contributed by atoms with Crippen molar-refractivity contribution >= 4 is 11.9 Å². The highest BCUT2D eigenvalue weighted by molar-refractivity contribution is 6.03. The largest absolute Gasteiger partial charge is 0.486 e. The average molecular weight is 395 g/mol. The first kappa shape index (κ1) is 17.4. The molecular formula is C20H17N3O6. The van der Waals surface area contributed by atoms with Crippen LogP contribution in [0.4, 0.5) is 6.01 Å². The molecule has 9 nitrogen and oxygen atoms in total. The SMILES string of the molecule is O=C(Nc1nnc(Cc2ccc3c(c2)OCCO3)o1)c1ccc2c(c1)OCCO2. The first-order valence-corrected chi connectivity index (χ1v) is 9.16. The van der Waals surface area contributed by atoms with E-state index in [4.69, 9.17) is 23.4 Å². The van der Waals surface area contributed by atoms with Gasteiger partial charge < -0.3 is 23.4 Å². The van der Waals surface area contributed by atoms with Crippen LogP contribution in [0.2, 0.25) is 0 Å². The number of amides is 1. The second-order valence-electron chi connectivity index (χ2n) is 6.47. The molecule has 0 unspecified atom stereocenters. The number of carbonyl (C=O) groups excluding carboxylic acids is 1. The van der Waals surface area contributed by atoms with Crippen molar-refractivity contribution in [3.63, 3.8) is 0 Å². The van der Waals surface area contributed by atoms with Crippen molar-refractivity contribution in [2.75, 3.05) is 31.7 Å². The minimum absolute atomic E-state index is 0.0254. The Morgan fingerprint density at radius 2 is 1.48 bits per heavy atom. The summed E-state index contributed by atoms with van der Waals surface area (Å²) in [6.45, 7) is 2.01. The van der Waals surface area contributed by atoms with Crippen molar-refractivity contribution in [3.8, 4) is 23.0 Å². The Kier molecular flexibility index (Phi) is 4.39. The van der Waals surface area contributed by atoms with Crippen LogP contribution in [0.15, 0.2) is 40.8 Å². The van der Waals surface area contributed by atoms with E-state index >= 15 is 0 Å². The summed E-state index contributed by atoms with van der Waals surface area (Å²) in [4.78, 5) is 12.5. The molecule has 3 aromatic rings. The molecule has 148 valence electrons. The van der Waals surface area contributed by atoms with E-state index < -0.39 is 0 Å². The molecular weight excluding hydrogens is 378 g/mol. The van der Waals surface area contributed by atoms with Gasteiger partial charge in [-0.3, -0.25) is 10.1 Å². The van der Waals surface area contributed by atoms with Crippen LogP contribution >= 0.6 is 0 Å². The highest BCUT2D eigenvalue weighted by atomic mass is 16.6. The van der Waals surface area contributed by atoms with E-state index in [-0.39, 0.29) is 11.9 Å². The van der Waals surface area contributed by atoms with Crippen LogP contribution in [-0.4, -0.2) is 42.5 Å². The van der Waals surface area contributed by atoms with Gasteiger partial charge >= 0.3 is 6.01 Å². The van der Waals surface area contributed by atoms with Gasteiger partial charge in [0.05, 0.1) is 6.42 Å². The Labute approximate surface area is 165 Å². The zero-order chi connectivity index (χ0) is 19.6. The maximum atomic E-state index is 12.5. The van der Waals surface area contributed by atoms with E-state index in [2.05, 4.69) is 15.5 Å². The summed E-state index contributed by atoms with van der Waals surface area (Å²) >= 11 is 0. The number of benzene rings is 2. The number of anilines is 1. The molecule has 0 saturated heterocycles. The van der Waals surface area contributed by atoms with Gasteiger partial charge in [-0.25, -0.2) is 0 Å². The quantitative estimate of drug-likeness (QED) is 0.718. The number of aromatic nitrogens is 2. The van der Waals surface area contributed by atoms with Crippen molar-refractivity contribution in [2.45, 2.75) is 6.42 Å². The van der Waals surface area contributed by atoms with Gasteiger partial charge in [0.2, 0.25) is 5.89 Å². The summed E-state index contributed by atoms with van der Waals surface area (Å²) in [7, 11) is 0. The van der Waals surface area contributed by atoms with Gasteiger partial charge in [-0.15, -0.1) is 5.10 Å². The fraction of sp³-hybridized carbons (Fsp3) is 0.250. The molecule has 0 spiro atoms. The molecule has 2 aliphatic rings. The summed E-state index contributed by atoms with van der Waals surface area (Å²) < 4.78 is 27.6. The molecule has 0 fully saturated rings. The molecule has 5 rings (SSSR count). The molecule has 0 aliphatic carbocycles. The van der Waals surface area contributed by atoms with Crippen molar-refractivity contribution in [1.82, 2.24) is 10.2 Å². The topological polar surface area (TPSA) is 105 Å². The molecule has 1 N–H and O–H groups in total. The van der Waals surface area contributed by atoms with Crippen LogP contribution in [0.3, 0.4) is 0 Å². The van der Waals surface area contributed by atoms with E-state index in [0.29, 0.717) is 61.6 Å². The van der Waals surface area contributed by atoms with Crippen molar-refractivity contribution in [3.05, 3.63) is 53.4 Å². The lowest BCUT2D eigenvalue weighted by atomic mass is 10.1. The fourth-order valence-electron chi connectivity index (χ4n) is 3.10. The third-order valence-corrected chi connectivity index (χ3v) is 4.45. The molecule has 0 radical (unpaired) electrons. The molecule has 1 amide bonds. The Balaban J connectivity index is 1.26. The lowest BCUT2D eigenvalue weighted by molar-refractivity contribution is 0.102. The summed E-state index contributed by atoms with van der Waals surface area (Å²) in [6.07, 6.45) is 0.406. The predicted molar refractivity (Wildman–Crippen MR) is 99.9 cm³/mol. The molecule has 29 heavy (non-hydrogen) atoms. The molecule has 0 atom stereocenters. The maximum Gasteiger partial charge on any atom is 0.322 e. The van der Waals surface area contributed by atoms with Crippen LogP contribution in [0.25, 0.3) is 0 Å². The van der Waals surface area contributed by atoms with Crippen LogP contribution < -0.4 is 24.3 Å². The number of hydrogen-bond acceptors (Lipinski definition) is 8. The second kappa shape index (κ2) is 7.34. The van der Waals surface area contributed by atoms with Crippen molar-refractivity contribution in [2.24, 2.45) is 0 Å². The number of nitrogens with one attached hydrogen (secondary N) is 1. The lowest BCUT2D eigenvalue weighted by Gasteiger charge is -2.18. The summed E-state index contributed by atoms with van der Waals surface area (Å²) in [5.41, 5.74) is 1.34. The summed E-state index contributed by atoms with van der Waals surface area (Å²) in [6, 6.07) is 10.6. The van der Waals surface area contributed by atoms with Gasteiger partial charge in [-0.1, -0.05) is 11.2 Å². The molecule has 1 aromatic heterocycles. The van der Waals surface area contributed by atoms with Gasteiger partial charge in [0.25, 0.3) is 5.91 Å². The highest BCUT2D eigenvalue weighted by Crippen LogP contribution is 2.32. The van der Waals surface area contributed by atoms with Gasteiger partial charge in [0.15, 0.2) is 23.0 Å². The van der Waals surface area contributed by atoms with Crippen LogP contribution in [0.1, 0.15) is 21.8 Å². The van der Waals surface area contributed by atoms with Crippen molar-refractivity contribution in [1.29, 1.82) is 0 Å². The minimum atomic E-state index is -0.378. The van der Waals surface area contributed by atoms with E-state index in [1.54, 1.807) is 18.2 Å². The number of rotatable bonds is 4. The Morgan fingerprint density at radius 3 is 2.24 bits per heavy atom. The third kappa shape index (κ3) is 3.66. The first-order valence-electron chi connectivity index (χ1n) is 9.16. The molecule has 0 bridgehead atoms. The third-order valence-electron chi connectivity index (χ3n) is 4.45. The van der Waals surface area contributed by atoms with E-state index in [0.717, 1.165) is 11.3 Å². The molecule has 2 aromatic carbocycles. The lowest BCUT2D eigenvalue weighted by Crippen LogP contribution is -2.17. The van der Waals surface area contributed by atoms with Gasteiger partial charge in [-0.05, 0) is 35.9 Å². The number of carbonyl (C=O) groups is 1. The highest BCUT2D eigenvalue weighted by Gasteiger charge is 2.18. The van der Waals surface area contributed by atoms with Gasteiger partial charge in [0, 0.05) is 5.56 Å². The van der Waals surface area contributed by atoms with Crippen LogP contribution in [-0.2, 0) is 6.42 Å². The second-order valence-corrected chi connectivity index (χ2v) is 6.47. The number of ether oxygens (including phenoxy) is 4. The number of hydrogen-bond donors (Lipinski definition) is 1. The maximum absolute atomic E-state index is 12.5. The smallest absolute Gasteiger partial charge is 0.322 e. The number of nitrogens with zero attached hydrogens (tertiary/aromatic N) is 2.